The molecule has 13 heavy (non-hydrogen) atoms. The maximum Gasteiger partial charge on any atom is 0.126 e. The minimum atomic E-state index is 0.131. The number of nitrogens with two attached hydrogens (primary N) is 1. The lowest BCUT2D eigenvalue weighted by Gasteiger charge is -2.13. The Morgan fingerprint density at radius 1 is 1.54 bits per heavy atom. The smallest absolute Gasteiger partial charge is 0.126 e. The van der Waals surface area contributed by atoms with Crippen LogP contribution in [0.4, 0.5) is 5.82 Å². The van der Waals surface area contributed by atoms with Crippen molar-refractivity contribution in [2.24, 2.45) is 5.92 Å². The quantitative estimate of drug-likeness (QED) is 0.758. The molecule has 1 unspecified atom stereocenters. The Morgan fingerprint density at radius 3 is 2.77 bits per heavy atom. The van der Waals surface area contributed by atoms with Gasteiger partial charge in [-0.2, -0.15) is 0 Å². The van der Waals surface area contributed by atoms with Gasteiger partial charge in [0.05, 0.1) is 0 Å². The number of nitrogens with zero attached hydrogens (tertiary/aromatic N) is 1. The van der Waals surface area contributed by atoms with E-state index in [2.05, 4.69) is 18.8 Å². The average Bonchev–Trinajstić information content (AvgIpc) is 2.08. The first-order chi connectivity index (χ1) is 6.11. The van der Waals surface area contributed by atoms with Crippen LogP contribution in [0.3, 0.4) is 0 Å². The van der Waals surface area contributed by atoms with Crippen LogP contribution in [0.25, 0.3) is 0 Å². The van der Waals surface area contributed by atoms with Gasteiger partial charge in [-0.1, -0.05) is 19.9 Å². The zero-order valence-corrected chi connectivity index (χ0v) is 8.75. The van der Waals surface area contributed by atoms with Gasteiger partial charge in [-0.25, -0.2) is 4.98 Å². The fraction of sp³-hybridized carbons (Fsp3) is 0.500. The van der Waals surface area contributed by atoms with Gasteiger partial charge in [0.2, 0.25) is 0 Å². The van der Waals surface area contributed by atoms with Crippen LogP contribution in [0.1, 0.15) is 19.4 Å². The molecule has 0 amide bonds. The molecule has 2 N–H and O–H groups in total. The Labute approximate surface area is 84.1 Å². The van der Waals surface area contributed by atoms with Gasteiger partial charge in [0.25, 0.3) is 0 Å². The molecule has 0 saturated heterocycles. The fourth-order valence-electron chi connectivity index (χ4n) is 1.07. The maximum atomic E-state index is 6.14. The van der Waals surface area contributed by atoms with Gasteiger partial charge >= 0.3 is 0 Å². The molecule has 1 aromatic rings. The number of hydrogen-bond donors (Lipinski definition) is 1. The molecule has 0 aromatic carbocycles. The highest BCUT2D eigenvalue weighted by molar-refractivity contribution is 6.20. The highest BCUT2D eigenvalue weighted by Crippen LogP contribution is 2.18. The summed E-state index contributed by atoms with van der Waals surface area (Å²) in [7, 11) is 0. The van der Waals surface area contributed by atoms with Crippen LogP contribution in [0.5, 0.6) is 0 Å². The zero-order chi connectivity index (χ0) is 9.84. The number of hydrogen-bond acceptors (Lipinski definition) is 2. The van der Waals surface area contributed by atoms with E-state index in [0.29, 0.717) is 11.7 Å². The van der Waals surface area contributed by atoms with Crippen molar-refractivity contribution in [2.45, 2.75) is 25.6 Å². The molecule has 1 atom stereocenters. The van der Waals surface area contributed by atoms with Crippen molar-refractivity contribution in [3.8, 4) is 0 Å². The van der Waals surface area contributed by atoms with Crippen LogP contribution in [-0.4, -0.2) is 10.4 Å². The Kier molecular flexibility index (Phi) is 3.55. The number of aromatic nitrogens is 1. The molecule has 1 heterocycles. The number of nitrogen functional groups attached to an aromatic ring is 1. The number of rotatable bonds is 3. The first-order valence-electron chi connectivity index (χ1n) is 4.44. The largest absolute Gasteiger partial charge is 0.383 e. The lowest BCUT2D eigenvalue weighted by molar-refractivity contribution is 0.596. The molecule has 0 radical (unpaired) electrons. The molecule has 3 heteroatoms. The number of anilines is 1. The van der Waals surface area contributed by atoms with Crippen molar-refractivity contribution < 1.29 is 0 Å². The Bertz CT molecular complexity index is 273. The number of alkyl halides is 1. The predicted molar refractivity (Wildman–Crippen MR) is 56.8 cm³/mol. The molecule has 0 fully saturated rings. The summed E-state index contributed by atoms with van der Waals surface area (Å²) in [6, 6.07) is 3.86. The summed E-state index contributed by atoms with van der Waals surface area (Å²) in [5.41, 5.74) is 6.74. The molecule has 1 rings (SSSR count). The average molecular weight is 199 g/mol. The van der Waals surface area contributed by atoms with Crippen molar-refractivity contribution >= 4 is 17.4 Å². The standard InChI is InChI=1S/C10H15ClN2/c1-7(2)9(11)6-8-4-3-5-13-10(8)12/h3-5,7,9H,6H2,1-2H3,(H2,12,13). The summed E-state index contributed by atoms with van der Waals surface area (Å²) in [5, 5.41) is 0.131. The van der Waals surface area contributed by atoms with Crippen molar-refractivity contribution in [3.05, 3.63) is 23.9 Å². The van der Waals surface area contributed by atoms with Crippen molar-refractivity contribution in [3.63, 3.8) is 0 Å². The van der Waals surface area contributed by atoms with Crippen LogP contribution in [0, 0.1) is 5.92 Å². The van der Waals surface area contributed by atoms with Gasteiger partial charge in [-0.15, -0.1) is 11.6 Å². The highest BCUT2D eigenvalue weighted by Gasteiger charge is 2.11. The monoisotopic (exact) mass is 198 g/mol. The lowest BCUT2D eigenvalue weighted by atomic mass is 10.0. The van der Waals surface area contributed by atoms with E-state index in [1.165, 1.54) is 0 Å². The number of pyridine rings is 1. The molecule has 0 bridgehead atoms. The Balaban J connectivity index is 2.69. The molecule has 0 saturated carbocycles. The number of halogens is 1. The molecular formula is C10H15ClN2. The zero-order valence-electron chi connectivity index (χ0n) is 8.00. The van der Waals surface area contributed by atoms with E-state index in [-0.39, 0.29) is 5.38 Å². The summed E-state index contributed by atoms with van der Waals surface area (Å²) >= 11 is 6.14. The van der Waals surface area contributed by atoms with E-state index >= 15 is 0 Å². The first-order valence-corrected chi connectivity index (χ1v) is 4.88. The summed E-state index contributed by atoms with van der Waals surface area (Å²) in [6.45, 7) is 4.20. The van der Waals surface area contributed by atoms with Gasteiger partial charge in [-0.05, 0) is 24.0 Å². The summed E-state index contributed by atoms with van der Waals surface area (Å²) in [6.07, 6.45) is 2.48. The van der Waals surface area contributed by atoms with E-state index in [1.807, 2.05) is 12.1 Å². The van der Waals surface area contributed by atoms with Crippen LogP contribution >= 0.6 is 11.6 Å². The maximum absolute atomic E-state index is 6.14. The fourth-order valence-corrected chi connectivity index (χ4v) is 1.24. The van der Waals surface area contributed by atoms with Crippen LogP contribution in [0.15, 0.2) is 18.3 Å². The first kappa shape index (κ1) is 10.3. The molecule has 2 nitrogen and oxygen atoms in total. The van der Waals surface area contributed by atoms with E-state index in [0.717, 1.165) is 12.0 Å². The summed E-state index contributed by atoms with van der Waals surface area (Å²) in [4.78, 5) is 4.01. The van der Waals surface area contributed by atoms with Crippen LogP contribution in [0.2, 0.25) is 0 Å². The van der Waals surface area contributed by atoms with Gasteiger partial charge in [0, 0.05) is 11.6 Å². The molecule has 1 aromatic heterocycles. The molecular weight excluding hydrogens is 184 g/mol. The van der Waals surface area contributed by atoms with Crippen LogP contribution in [-0.2, 0) is 6.42 Å². The second-order valence-corrected chi connectivity index (χ2v) is 4.07. The second-order valence-electron chi connectivity index (χ2n) is 3.51. The van der Waals surface area contributed by atoms with Gasteiger partial charge < -0.3 is 5.73 Å². The Morgan fingerprint density at radius 2 is 2.23 bits per heavy atom. The van der Waals surface area contributed by atoms with Crippen molar-refractivity contribution in [2.75, 3.05) is 5.73 Å². The third kappa shape index (κ3) is 2.88. The van der Waals surface area contributed by atoms with Gasteiger partial charge in [-0.3, -0.25) is 0 Å². The third-order valence-electron chi connectivity index (χ3n) is 2.06. The summed E-state index contributed by atoms with van der Waals surface area (Å²) < 4.78 is 0. The van der Waals surface area contributed by atoms with Gasteiger partial charge in [0.15, 0.2) is 0 Å². The summed E-state index contributed by atoms with van der Waals surface area (Å²) in [5.74, 6) is 1.05. The molecule has 72 valence electrons. The van der Waals surface area contributed by atoms with Gasteiger partial charge in [0.1, 0.15) is 5.82 Å². The van der Waals surface area contributed by atoms with E-state index < -0.39 is 0 Å². The molecule has 0 aliphatic rings. The minimum Gasteiger partial charge on any atom is -0.383 e. The third-order valence-corrected chi connectivity index (χ3v) is 2.72. The normalized spacial score (nSPS) is 13.2. The molecule has 0 aliphatic carbocycles. The topological polar surface area (TPSA) is 38.9 Å². The molecule has 0 aliphatic heterocycles. The van der Waals surface area contributed by atoms with E-state index in [4.69, 9.17) is 17.3 Å². The highest BCUT2D eigenvalue weighted by atomic mass is 35.5. The predicted octanol–water partition coefficient (Wildman–Crippen LogP) is 2.47. The minimum absolute atomic E-state index is 0.131. The van der Waals surface area contributed by atoms with E-state index in [9.17, 15) is 0 Å². The lowest BCUT2D eigenvalue weighted by Crippen LogP contribution is -2.12. The SMILES string of the molecule is CC(C)C(Cl)Cc1cccnc1N. The molecule has 0 spiro atoms. The van der Waals surface area contributed by atoms with Crippen molar-refractivity contribution in [1.29, 1.82) is 0 Å². The van der Waals surface area contributed by atoms with Crippen molar-refractivity contribution in [1.82, 2.24) is 4.98 Å². The Hall–Kier alpha value is -0.760. The van der Waals surface area contributed by atoms with Crippen LogP contribution < -0.4 is 5.73 Å². The second kappa shape index (κ2) is 4.47. The van der Waals surface area contributed by atoms with E-state index in [1.54, 1.807) is 6.20 Å².